The highest BCUT2D eigenvalue weighted by molar-refractivity contribution is 5.83. The van der Waals surface area contributed by atoms with E-state index in [0.717, 1.165) is 6.92 Å². The van der Waals surface area contributed by atoms with E-state index in [9.17, 15) is 9.59 Å². The minimum atomic E-state index is -0.833. The second-order valence-corrected chi connectivity index (χ2v) is 1.84. The van der Waals surface area contributed by atoms with Gasteiger partial charge < -0.3 is 9.84 Å². The Kier molecular flexibility index (Phi) is 8.50. The van der Waals surface area contributed by atoms with Crippen LogP contribution in [0.25, 0.3) is 0 Å². The van der Waals surface area contributed by atoms with Crippen molar-refractivity contribution in [1.29, 1.82) is 0 Å². The fourth-order valence-electron chi connectivity index (χ4n) is 0.232. The summed E-state index contributed by atoms with van der Waals surface area (Å²) in [5.41, 5.74) is 0. The van der Waals surface area contributed by atoms with Gasteiger partial charge in [-0.1, -0.05) is 6.92 Å². The van der Waals surface area contributed by atoms with Crippen molar-refractivity contribution in [3.05, 3.63) is 0 Å². The Bertz CT molecular complexity index is 169. The third-order valence-electron chi connectivity index (χ3n) is 0.546. The number of hydrogen-bond donors (Lipinski definition) is 1. The van der Waals surface area contributed by atoms with Gasteiger partial charge in [0, 0.05) is 20.3 Å². The summed E-state index contributed by atoms with van der Waals surface area (Å²) in [6.07, 6.45) is 0.250. The first-order valence-corrected chi connectivity index (χ1v) is 3.30. The number of ether oxygens (including phenoxy) is 1. The molecule has 70 valence electrons. The van der Waals surface area contributed by atoms with Gasteiger partial charge in [-0.15, -0.1) is 0 Å². The van der Waals surface area contributed by atoms with Crippen molar-refractivity contribution in [3.8, 4) is 0 Å². The topological polar surface area (TPSA) is 80.7 Å². The quantitative estimate of drug-likeness (QED) is 0.466. The largest absolute Gasteiger partial charge is 0.481 e. The normalized spacial score (nSPS) is 7.58. The smallest absolute Gasteiger partial charge is 0.313 e. The molecule has 0 aromatic rings. The van der Waals surface area contributed by atoms with Crippen molar-refractivity contribution in [1.82, 2.24) is 0 Å². The van der Waals surface area contributed by atoms with Gasteiger partial charge in [0.25, 0.3) is 5.97 Å². The molecule has 0 spiro atoms. The van der Waals surface area contributed by atoms with Crippen LogP contribution in [-0.2, 0) is 19.1 Å². The van der Waals surface area contributed by atoms with Gasteiger partial charge in [0.05, 0.1) is 0 Å². The van der Waals surface area contributed by atoms with Crippen LogP contribution in [0, 0.1) is 0 Å². The lowest BCUT2D eigenvalue weighted by molar-refractivity contribution is -0.157. The van der Waals surface area contributed by atoms with Crippen molar-refractivity contribution >= 4 is 17.9 Å². The summed E-state index contributed by atoms with van der Waals surface area (Å²) in [6, 6.07) is 0. The van der Waals surface area contributed by atoms with Gasteiger partial charge in [0.15, 0.2) is 0 Å². The average Bonchev–Trinajstić information content (AvgIpc) is 1.84. The lowest BCUT2D eigenvalue weighted by atomic mass is 10.5. The molecule has 0 unspecified atom stereocenters. The highest BCUT2D eigenvalue weighted by Gasteiger charge is 1.99. The molecule has 0 aromatic heterocycles. The monoisotopic (exact) mass is 176 g/mol. The van der Waals surface area contributed by atoms with E-state index in [4.69, 9.17) is 9.90 Å². The highest BCUT2D eigenvalue weighted by atomic mass is 16.6. The Labute approximate surface area is 70.3 Å². The molecule has 0 fully saturated rings. The van der Waals surface area contributed by atoms with Gasteiger partial charge in [0.2, 0.25) is 0 Å². The molecule has 1 N–H and O–H groups in total. The number of carbonyl (C=O) groups is 3. The van der Waals surface area contributed by atoms with Crippen molar-refractivity contribution in [2.75, 3.05) is 0 Å². The predicted octanol–water partition coefficient (Wildman–Crippen LogP) is 0.577. The first kappa shape index (κ1) is 13.2. The van der Waals surface area contributed by atoms with Gasteiger partial charge >= 0.3 is 11.9 Å². The Morgan fingerprint density at radius 3 is 1.67 bits per heavy atom. The Morgan fingerprint density at radius 1 is 1.25 bits per heavy atom. The van der Waals surface area contributed by atoms with E-state index in [1.54, 1.807) is 6.92 Å². The zero-order valence-corrected chi connectivity index (χ0v) is 7.29. The fraction of sp³-hybridized carbons (Fsp3) is 0.571. The van der Waals surface area contributed by atoms with Gasteiger partial charge in [0.1, 0.15) is 0 Å². The number of aliphatic carboxylic acids is 1. The van der Waals surface area contributed by atoms with E-state index in [0.29, 0.717) is 0 Å². The van der Waals surface area contributed by atoms with Gasteiger partial charge in [-0.25, -0.2) is 0 Å². The number of esters is 2. The standard InChI is InChI=1S/C5H8O3.C2H4O2/c1-3-5(7)8-4(2)6;1-2(3)4/h3H2,1-2H3;1H3,(H,3,4). The summed E-state index contributed by atoms with van der Waals surface area (Å²) in [4.78, 5) is 29.1. The first-order chi connectivity index (χ1) is 5.40. The summed E-state index contributed by atoms with van der Waals surface area (Å²) in [5.74, 6) is -1.85. The van der Waals surface area contributed by atoms with Gasteiger partial charge in [-0.05, 0) is 0 Å². The second-order valence-electron chi connectivity index (χ2n) is 1.84. The number of hydrogen-bond acceptors (Lipinski definition) is 4. The second kappa shape index (κ2) is 7.71. The third kappa shape index (κ3) is 23.5. The van der Waals surface area contributed by atoms with E-state index in [-0.39, 0.29) is 6.42 Å². The van der Waals surface area contributed by atoms with Crippen molar-refractivity contribution in [3.63, 3.8) is 0 Å². The molecule has 0 aliphatic carbocycles. The van der Waals surface area contributed by atoms with Crippen LogP contribution in [0.5, 0.6) is 0 Å². The molecule has 0 saturated heterocycles. The molecule has 0 aromatic carbocycles. The van der Waals surface area contributed by atoms with Gasteiger partial charge in [-0.2, -0.15) is 0 Å². The molecular formula is C7H12O5. The van der Waals surface area contributed by atoms with E-state index < -0.39 is 17.9 Å². The minimum absolute atomic E-state index is 0.250. The highest BCUT2D eigenvalue weighted by Crippen LogP contribution is 1.82. The summed E-state index contributed by atoms with van der Waals surface area (Å²) in [6.45, 7) is 3.92. The van der Waals surface area contributed by atoms with Crippen molar-refractivity contribution in [2.45, 2.75) is 27.2 Å². The van der Waals surface area contributed by atoms with Crippen LogP contribution in [0.1, 0.15) is 27.2 Å². The first-order valence-electron chi connectivity index (χ1n) is 3.30. The number of carboxylic acid groups (broad SMARTS) is 1. The van der Waals surface area contributed by atoms with E-state index in [1.165, 1.54) is 6.92 Å². The summed E-state index contributed by atoms with van der Waals surface area (Å²) < 4.78 is 4.12. The zero-order valence-electron chi connectivity index (χ0n) is 7.29. The van der Waals surface area contributed by atoms with Crippen LogP contribution in [0.15, 0.2) is 0 Å². The molecule has 0 radical (unpaired) electrons. The van der Waals surface area contributed by atoms with Crippen LogP contribution >= 0.6 is 0 Å². The summed E-state index contributed by atoms with van der Waals surface area (Å²) >= 11 is 0. The average molecular weight is 176 g/mol. The Balaban J connectivity index is 0. The van der Waals surface area contributed by atoms with Crippen LogP contribution in [-0.4, -0.2) is 23.0 Å². The fourth-order valence-corrected chi connectivity index (χ4v) is 0.232. The SMILES string of the molecule is CC(=O)O.CCC(=O)OC(C)=O. The van der Waals surface area contributed by atoms with Crippen LogP contribution in [0.4, 0.5) is 0 Å². The maximum atomic E-state index is 10.2. The number of rotatable bonds is 1. The molecule has 0 amide bonds. The summed E-state index contributed by atoms with van der Waals surface area (Å²) in [5, 5.41) is 7.42. The van der Waals surface area contributed by atoms with E-state index >= 15 is 0 Å². The van der Waals surface area contributed by atoms with Crippen LogP contribution < -0.4 is 0 Å². The molecule has 0 heterocycles. The molecular weight excluding hydrogens is 164 g/mol. The lowest BCUT2D eigenvalue weighted by Gasteiger charge is -1.92. The van der Waals surface area contributed by atoms with Crippen molar-refractivity contribution in [2.24, 2.45) is 0 Å². The van der Waals surface area contributed by atoms with E-state index in [1.807, 2.05) is 0 Å². The molecule has 0 aliphatic rings. The molecule has 0 aliphatic heterocycles. The summed E-state index contributed by atoms with van der Waals surface area (Å²) in [7, 11) is 0. The number of carbonyl (C=O) groups excluding carboxylic acids is 2. The van der Waals surface area contributed by atoms with E-state index in [2.05, 4.69) is 4.74 Å². The minimum Gasteiger partial charge on any atom is -0.481 e. The maximum Gasteiger partial charge on any atom is 0.313 e. The number of carboxylic acids is 1. The van der Waals surface area contributed by atoms with Gasteiger partial charge in [-0.3, -0.25) is 14.4 Å². The zero-order chi connectivity index (χ0) is 10.1. The third-order valence-corrected chi connectivity index (χ3v) is 0.546. The van der Waals surface area contributed by atoms with Crippen LogP contribution in [0.2, 0.25) is 0 Å². The predicted molar refractivity (Wildman–Crippen MR) is 40.4 cm³/mol. The molecule has 5 nitrogen and oxygen atoms in total. The molecule has 0 bridgehead atoms. The Morgan fingerprint density at radius 2 is 1.58 bits per heavy atom. The molecule has 12 heavy (non-hydrogen) atoms. The maximum absolute atomic E-state index is 10.2. The van der Waals surface area contributed by atoms with Crippen LogP contribution in [0.3, 0.4) is 0 Å². The molecule has 5 heteroatoms. The molecule has 0 atom stereocenters. The molecule has 0 rings (SSSR count). The lowest BCUT2D eigenvalue weighted by Crippen LogP contribution is -2.06. The van der Waals surface area contributed by atoms with Crippen molar-refractivity contribution < 1.29 is 24.2 Å². The Hall–Kier alpha value is -1.39. The molecule has 0 saturated carbocycles.